The number of hydrogen-bond donors (Lipinski definition) is 1. The first-order valence-electron chi connectivity index (χ1n) is 11.5. The number of fused-ring (bicyclic) bond motifs is 3. The van der Waals surface area contributed by atoms with Gasteiger partial charge in [-0.1, -0.05) is 47.8 Å². The molecule has 3 aliphatic heterocycles. The van der Waals surface area contributed by atoms with Crippen LogP contribution in [0.5, 0.6) is 17.2 Å². The summed E-state index contributed by atoms with van der Waals surface area (Å²) in [5, 5.41) is 9.30. The number of benzene rings is 3. The molecule has 0 radical (unpaired) electrons. The lowest BCUT2D eigenvalue weighted by atomic mass is 10.1. The van der Waals surface area contributed by atoms with Gasteiger partial charge in [0.15, 0.2) is 6.79 Å². The minimum atomic E-state index is -0.455. The molecule has 0 amide bonds. The summed E-state index contributed by atoms with van der Waals surface area (Å²) in [6, 6.07) is 10.3. The van der Waals surface area contributed by atoms with Gasteiger partial charge >= 0.3 is 17.9 Å². The number of carbonyl (C=O) groups excluding carboxylic acids is 3. The van der Waals surface area contributed by atoms with Crippen LogP contribution in [0.15, 0.2) is 49.8 Å². The third-order valence-electron chi connectivity index (χ3n) is 5.88. The maximum absolute atomic E-state index is 11.4. The Labute approximate surface area is 253 Å². The maximum atomic E-state index is 11.4. The number of rotatable bonds is 4. The van der Waals surface area contributed by atoms with Crippen molar-refractivity contribution in [2.75, 3.05) is 21.0 Å². The zero-order valence-corrected chi connectivity index (χ0v) is 25.8. The fourth-order valence-corrected chi connectivity index (χ4v) is 5.29. The van der Waals surface area contributed by atoms with Crippen molar-refractivity contribution in [3.8, 4) is 17.2 Å². The number of ether oxygens (including phenoxy) is 6. The molecular weight excluding hydrogens is 724 g/mol. The van der Waals surface area contributed by atoms with Gasteiger partial charge in [0.1, 0.15) is 53.8 Å². The number of phenolic OH excluding ortho intramolecular Hbond substituents is 1. The second-order valence-electron chi connectivity index (χ2n) is 8.20. The van der Waals surface area contributed by atoms with Crippen LogP contribution >= 0.6 is 47.8 Å². The van der Waals surface area contributed by atoms with Crippen LogP contribution in [0.2, 0.25) is 0 Å². The zero-order valence-electron chi connectivity index (χ0n) is 21.0. The van der Waals surface area contributed by atoms with Crippen LogP contribution in [-0.4, -0.2) is 44.0 Å². The second-order valence-corrected chi connectivity index (χ2v) is 10.8. The number of cyclic esters (lactones) is 3. The van der Waals surface area contributed by atoms with Gasteiger partial charge < -0.3 is 33.5 Å². The van der Waals surface area contributed by atoms with Crippen molar-refractivity contribution in [1.29, 1.82) is 0 Å². The summed E-state index contributed by atoms with van der Waals surface area (Å²) in [7, 11) is 3.06. The fourth-order valence-electron chi connectivity index (χ4n) is 3.95. The molecule has 3 aromatic rings. The number of hydrogen-bond acceptors (Lipinski definition) is 10. The van der Waals surface area contributed by atoms with Crippen LogP contribution in [0.1, 0.15) is 47.8 Å². The van der Waals surface area contributed by atoms with Crippen molar-refractivity contribution < 1.29 is 47.9 Å². The van der Waals surface area contributed by atoms with Crippen LogP contribution in [0.4, 0.5) is 0 Å². The molecule has 10 nitrogen and oxygen atoms in total. The Hall–Kier alpha value is -3.13. The van der Waals surface area contributed by atoms with Gasteiger partial charge in [-0.05, 0) is 36.4 Å². The fraction of sp³-hybridized carbons (Fsp3) is 0.222. The first kappa shape index (κ1) is 29.8. The molecule has 0 unspecified atom stereocenters. The van der Waals surface area contributed by atoms with Crippen molar-refractivity contribution in [3.63, 3.8) is 0 Å². The third kappa shape index (κ3) is 6.12. The van der Waals surface area contributed by atoms with E-state index in [0.717, 1.165) is 30.1 Å². The van der Waals surface area contributed by atoms with E-state index in [1.807, 2.05) is 12.1 Å². The van der Waals surface area contributed by atoms with Gasteiger partial charge in [-0.2, -0.15) is 0 Å². The predicted molar refractivity (Wildman–Crippen MR) is 151 cm³/mol. The summed E-state index contributed by atoms with van der Waals surface area (Å²) in [6.45, 7) is 0.968. The van der Waals surface area contributed by atoms with Crippen LogP contribution in [0.25, 0.3) is 0 Å². The SMILES string of the molecule is COCOc1ccc(Br)c2c1C(=O)OC2.COc1ccc(Br)c2c1C(=O)OC2.O=C1OCc2c(Br)ccc(O)c21. The van der Waals surface area contributed by atoms with E-state index in [-0.39, 0.29) is 36.7 Å². The van der Waals surface area contributed by atoms with Crippen LogP contribution in [0, 0.1) is 0 Å². The van der Waals surface area contributed by atoms with Crippen LogP contribution < -0.4 is 9.47 Å². The number of carbonyl (C=O) groups is 3. The van der Waals surface area contributed by atoms with E-state index in [9.17, 15) is 19.5 Å². The molecule has 0 fully saturated rings. The van der Waals surface area contributed by atoms with Crippen LogP contribution in [-0.2, 0) is 38.8 Å². The van der Waals surface area contributed by atoms with Gasteiger partial charge in [-0.25, -0.2) is 14.4 Å². The molecule has 40 heavy (non-hydrogen) atoms. The van der Waals surface area contributed by atoms with Crippen molar-refractivity contribution in [3.05, 3.63) is 83.2 Å². The summed E-state index contributed by atoms with van der Waals surface area (Å²) >= 11 is 9.97. The van der Waals surface area contributed by atoms with E-state index in [2.05, 4.69) is 47.8 Å². The molecule has 0 saturated heterocycles. The number of halogens is 3. The van der Waals surface area contributed by atoms with E-state index < -0.39 is 5.97 Å². The van der Waals surface area contributed by atoms with Crippen molar-refractivity contribution in [2.24, 2.45) is 0 Å². The Kier molecular flexibility index (Phi) is 9.72. The van der Waals surface area contributed by atoms with Gasteiger partial charge in [-0.15, -0.1) is 0 Å². The molecule has 6 rings (SSSR count). The van der Waals surface area contributed by atoms with E-state index in [1.54, 1.807) is 18.2 Å². The second kappa shape index (κ2) is 13.0. The van der Waals surface area contributed by atoms with Gasteiger partial charge in [0.05, 0.1) is 7.11 Å². The maximum Gasteiger partial charge on any atom is 0.342 e. The predicted octanol–water partition coefficient (Wildman–Crippen LogP) is 6.06. The Morgan fingerprint density at radius 2 is 1.10 bits per heavy atom. The Bertz CT molecular complexity index is 1490. The lowest BCUT2D eigenvalue weighted by molar-refractivity contribution is 0.0458. The lowest BCUT2D eigenvalue weighted by Crippen LogP contribution is -2.04. The largest absolute Gasteiger partial charge is 0.507 e. The average molecular weight is 745 g/mol. The highest BCUT2D eigenvalue weighted by atomic mass is 79.9. The van der Waals surface area contributed by atoms with Crippen molar-refractivity contribution in [2.45, 2.75) is 19.8 Å². The summed E-state index contributed by atoms with van der Waals surface area (Å²) in [5.41, 5.74) is 3.72. The molecule has 1 N–H and O–H groups in total. The lowest BCUT2D eigenvalue weighted by Gasteiger charge is -2.08. The van der Waals surface area contributed by atoms with E-state index in [1.165, 1.54) is 20.3 Å². The molecule has 0 atom stereocenters. The van der Waals surface area contributed by atoms with Crippen LogP contribution in [0.3, 0.4) is 0 Å². The number of aromatic hydroxyl groups is 1. The molecule has 3 aliphatic rings. The van der Waals surface area contributed by atoms with Crippen molar-refractivity contribution >= 4 is 65.7 Å². The number of phenols is 1. The molecule has 0 saturated carbocycles. The molecular formula is C27H21Br3O10. The van der Waals surface area contributed by atoms with Gasteiger partial charge in [0.2, 0.25) is 0 Å². The quantitative estimate of drug-likeness (QED) is 0.192. The third-order valence-corrected chi connectivity index (χ3v) is 8.10. The Morgan fingerprint density at radius 1 is 0.675 bits per heavy atom. The Morgan fingerprint density at radius 3 is 1.57 bits per heavy atom. The van der Waals surface area contributed by atoms with E-state index in [4.69, 9.17) is 28.4 Å². The highest BCUT2D eigenvalue weighted by molar-refractivity contribution is 9.11. The summed E-state index contributed by atoms with van der Waals surface area (Å²) in [5.74, 6) is -0.0664. The monoisotopic (exact) mass is 742 g/mol. The van der Waals surface area contributed by atoms with Gasteiger partial charge in [0.25, 0.3) is 0 Å². The van der Waals surface area contributed by atoms with Crippen molar-refractivity contribution in [1.82, 2.24) is 0 Å². The first-order chi connectivity index (χ1) is 19.2. The van der Waals surface area contributed by atoms with E-state index >= 15 is 0 Å². The summed E-state index contributed by atoms with van der Waals surface area (Å²) in [4.78, 5) is 33.7. The van der Waals surface area contributed by atoms with Gasteiger partial charge in [-0.3, -0.25) is 0 Å². The summed E-state index contributed by atoms with van der Waals surface area (Å²) in [6.07, 6.45) is 0. The molecule has 0 aliphatic carbocycles. The van der Waals surface area contributed by atoms with Gasteiger partial charge in [0, 0.05) is 37.2 Å². The number of methoxy groups -OCH3 is 2. The molecule has 210 valence electrons. The van der Waals surface area contributed by atoms with E-state index in [0.29, 0.717) is 35.8 Å². The zero-order chi connectivity index (χ0) is 29.0. The normalized spacial score (nSPS) is 13.9. The number of esters is 3. The molecule has 3 aromatic carbocycles. The Balaban J connectivity index is 0.000000140. The minimum absolute atomic E-state index is 0.0179. The first-order valence-corrected chi connectivity index (χ1v) is 13.9. The highest BCUT2D eigenvalue weighted by Gasteiger charge is 2.29. The highest BCUT2D eigenvalue weighted by Crippen LogP contribution is 2.36. The molecule has 0 aromatic heterocycles. The average Bonchev–Trinajstić information content (AvgIpc) is 3.66. The molecule has 0 bridgehead atoms. The standard InChI is InChI=1S/C10H9BrO4.C9H7BrO3.C8H5BrO3/c1-13-5-15-8-3-2-7(11)6-4-14-10(12)9(6)8;1-12-7-3-2-6(10)5-4-13-9(11)8(5)7;9-5-1-2-6(10)7-4(5)3-12-8(7)11/h2-3H,4-5H2,1H3;2-3H,4H2,1H3;1-2,10H,3H2. The minimum Gasteiger partial charge on any atom is -0.507 e. The molecule has 3 heterocycles. The summed E-state index contributed by atoms with van der Waals surface area (Å²) < 4.78 is 32.2. The molecule has 13 heteroatoms. The molecule has 0 spiro atoms. The smallest absolute Gasteiger partial charge is 0.342 e. The topological polar surface area (TPSA) is 127 Å².